The van der Waals surface area contributed by atoms with Crippen LogP contribution in [-0.2, 0) is 9.59 Å². The number of carboxylic acid groups (broad SMARTS) is 1. The number of hydrogen-bond donors (Lipinski definition) is 2. The fourth-order valence-electron chi connectivity index (χ4n) is 1.87. The second-order valence-electron chi connectivity index (χ2n) is 4.29. The number of carbonyl (C=O) groups is 3. The lowest BCUT2D eigenvalue weighted by Crippen LogP contribution is -2.35. The van der Waals surface area contributed by atoms with Gasteiger partial charge in [0.15, 0.2) is 5.75 Å². The lowest BCUT2D eigenvalue weighted by atomic mass is 10.2. The first-order valence-corrected chi connectivity index (χ1v) is 7.10. The van der Waals surface area contributed by atoms with Crippen LogP contribution in [0.3, 0.4) is 0 Å². The summed E-state index contributed by atoms with van der Waals surface area (Å²) in [6.45, 7) is -0.699. The highest BCUT2D eigenvalue weighted by Gasteiger charge is 2.34. The van der Waals surface area contributed by atoms with Gasteiger partial charge in [-0.2, -0.15) is 0 Å². The third-order valence-corrected chi connectivity index (χ3v) is 3.66. The molecule has 1 aromatic carbocycles. The zero-order valence-corrected chi connectivity index (χ0v) is 13.6. The van der Waals surface area contributed by atoms with Crippen LogP contribution in [-0.4, -0.2) is 41.6 Å². The van der Waals surface area contributed by atoms with E-state index in [0.29, 0.717) is 25.7 Å². The van der Waals surface area contributed by atoms with E-state index in [9.17, 15) is 14.4 Å². The van der Waals surface area contributed by atoms with Crippen molar-refractivity contribution < 1.29 is 24.2 Å². The summed E-state index contributed by atoms with van der Waals surface area (Å²) in [6.07, 6.45) is 1.40. The number of halogens is 2. The molecule has 22 heavy (non-hydrogen) atoms. The number of imide groups is 1. The molecule has 2 rings (SSSR count). The van der Waals surface area contributed by atoms with Gasteiger partial charge in [-0.1, -0.05) is 11.6 Å². The lowest BCUT2D eigenvalue weighted by molar-refractivity contribution is -0.140. The number of methoxy groups -OCH3 is 1. The average Bonchev–Trinajstić information content (AvgIpc) is 2.66. The van der Waals surface area contributed by atoms with Gasteiger partial charge in [0.1, 0.15) is 12.2 Å². The van der Waals surface area contributed by atoms with Gasteiger partial charge in [0.05, 0.1) is 16.6 Å². The molecule has 0 aliphatic carbocycles. The van der Waals surface area contributed by atoms with E-state index >= 15 is 0 Å². The van der Waals surface area contributed by atoms with Crippen LogP contribution in [0.2, 0.25) is 5.02 Å². The summed E-state index contributed by atoms with van der Waals surface area (Å²) in [6, 6.07) is 2.42. The predicted octanol–water partition coefficient (Wildman–Crippen LogP) is 2.09. The number of benzene rings is 1. The summed E-state index contributed by atoms with van der Waals surface area (Å²) >= 11 is 9.32. The lowest BCUT2D eigenvalue weighted by Gasteiger charge is -2.08. The third-order valence-electron chi connectivity index (χ3n) is 2.79. The van der Waals surface area contributed by atoms with Crippen molar-refractivity contribution in [3.05, 3.63) is 32.9 Å². The van der Waals surface area contributed by atoms with Crippen LogP contribution in [0.15, 0.2) is 22.3 Å². The van der Waals surface area contributed by atoms with E-state index in [1.807, 2.05) is 0 Å². The van der Waals surface area contributed by atoms with Gasteiger partial charge in [0, 0.05) is 0 Å². The molecule has 116 valence electrons. The zero-order chi connectivity index (χ0) is 16.4. The Bertz CT molecular complexity index is 681. The van der Waals surface area contributed by atoms with E-state index in [2.05, 4.69) is 21.2 Å². The molecular weight excluding hydrogens is 380 g/mol. The monoisotopic (exact) mass is 388 g/mol. The van der Waals surface area contributed by atoms with E-state index < -0.39 is 24.5 Å². The quantitative estimate of drug-likeness (QED) is 0.607. The van der Waals surface area contributed by atoms with Gasteiger partial charge in [-0.05, 0) is 39.7 Å². The molecule has 3 amide bonds. The maximum absolute atomic E-state index is 12.0. The van der Waals surface area contributed by atoms with E-state index in [4.69, 9.17) is 21.4 Å². The number of nitrogens with one attached hydrogen (secondary N) is 1. The van der Waals surface area contributed by atoms with Gasteiger partial charge in [0.2, 0.25) is 0 Å². The average molecular weight is 390 g/mol. The molecule has 1 aliphatic heterocycles. The number of nitrogens with zero attached hydrogens (tertiary/aromatic N) is 1. The van der Waals surface area contributed by atoms with Gasteiger partial charge in [-0.15, -0.1) is 0 Å². The molecule has 0 saturated carbocycles. The molecule has 1 aliphatic rings. The number of aliphatic carboxylic acids is 1. The highest BCUT2D eigenvalue weighted by Crippen LogP contribution is 2.34. The first kappa shape index (κ1) is 16.3. The van der Waals surface area contributed by atoms with Crippen LogP contribution in [0.5, 0.6) is 5.75 Å². The van der Waals surface area contributed by atoms with E-state index in [1.165, 1.54) is 13.2 Å². The molecule has 1 heterocycles. The topological polar surface area (TPSA) is 95.9 Å². The van der Waals surface area contributed by atoms with Crippen molar-refractivity contribution in [2.45, 2.75) is 0 Å². The van der Waals surface area contributed by atoms with Crippen molar-refractivity contribution >= 4 is 51.5 Å². The predicted molar refractivity (Wildman–Crippen MR) is 81.6 cm³/mol. The maximum atomic E-state index is 12.0. The summed E-state index contributed by atoms with van der Waals surface area (Å²) in [5.74, 6) is -1.55. The van der Waals surface area contributed by atoms with Crippen molar-refractivity contribution in [3.8, 4) is 5.75 Å². The first-order valence-electron chi connectivity index (χ1n) is 5.93. The normalized spacial score (nSPS) is 16.1. The Kier molecular flexibility index (Phi) is 4.72. The third kappa shape index (κ3) is 3.23. The number of carbonyl (C=O) groups excluding carboxylic acids is 2. The van der Waals surface area contributed by atoms with Crippen LogP contribution in [0.1, 0.15) is 5.56 Å². The minimum absolute atomic E-state index is 0.0283. The standard InChI is InChI=1S/C13H10BrClN2O5/c1-22-11-7(14)2-6(3-8(11)15)4-9-12(20)17(5-10(18)19)13(21)16-9/h2-4H,5H2,1H3,(H,16,21)(H,18,19)/b9-4+. The van der Waals surface area contributed by atoms with Crippen molar-refractivity contribution in [2.75, 3.05) is 13.7 Å². The highest BCUT2D eigenvalue weighted by molar-refractivity contribution is 9.10. The molecule has 2 N–H and O–H groups in total. The van der Waals surface area contributed by atoms with E-state index in [1.54, 1.807) is 12.1 Å². The molecule has 9 heteroatoms. The Morgan fingerprint density at radius 1 is 1.50 bits per heavy atom. The Morgan fingerprint density at radius 3 is 2.73 bits per heavy atom. The minimum Gasteiger partial charge on any atom is -0.494 e. The number of amides is 3. The first-order chi connectivity index (χ1) is 10.3. The Morgan fingerprint density at radius 2 is 2.18 bits per heavy atom. The SMILES string of the molecule is COc1c(Cl)cc(/C=C2/NC(=O)N(CC(=O)O)C2=O)cc1Br. The van der Waals surface area contributed by atoms with Gasteiger partial charge in [-0.25, -0.2) is 9.69 Å². The Balaban J connectivity index is 2.33. The molecule has 0 bridgehead atoms. The molecule has 0 radical (unpaired) electrons. The number of urea groups is 1. The molecule has 0 aromatic heterocycles. The Hall–Kier alpha value is -2.06. The van der Waals surface area contributed by atoms with Crippen LogP contribution >= 0.6 is 27.5 Å². The van der Waals surface area contributed by atoms with Crippen molar-refractivity contribution in [1.82, 2.24) is 10.2 Å². The summed E-state index contributed by atoms with van der Waals surface area (Å²) in [4.78, 5) is 34.8. The largest absolute Gasteiger partial charge is 0.494 e. The molecule has 1 aromatic rings. The van der Waals surface area contributed by atoms with Crippen molar-refractivity contribution in [2.24, 2.45) is 0 Å². The molecule has 1 fully saturated rings. The van der Waals surface area contributed by atoms with Gasteiger partial charge >= 0.3 is 12.0 Å². The zero-order valence-electron chi connectivity index (χ0n) is 11.2. The van der Waals surface area contributed by atoms with Gasteiger partial charge in [-0.3, -0.25) is 9.59 Å². The van der Waals surface area contributed by atoms with Gasteiger partial charge < -0.3 is 15.2 Å². The molecule has 7 nitrogen and oxygen atoms in total. The molecular formula is C13H10BrClN2O5. The molecule has 0 atom stereocenters. The van der Waals surface area contributed by atoms with Crippen LogP contribution in [0.25, 0.3) is 6.08 Å². The molecule has 0 spiro atoms. The second-order valence-corrected chi connectivity index (χ2v) is 5.55. The van der Waals surface area contributed by atoms with Crippen molar-refractivity contribution in [1.29, 1.82) is 0 Å². The van der Waals surface area contributed by atoms with Crippen LogP contribution < -0.4 is 10.1 Å². The Labute approximate surface area is 138 Å². The maximum Gasteiger partial charge on any atom is 0.329 e. The second kappa shape index (κ2) is 6.37. The number of rotatable bonds is 4. The fourth-order valence-corrected chi connectivity index (χ4v) is 2.93. The van der Waals surface area contributed by atoms with Crippen LogP contribution in [0.4, 0.5) is 4.79 Å². The van der Waals surface area contributed by atoms with Gasteiger partial charge in [0.25, 0.3) is 5.91 Å². The minimum atomic E-state index is -1.28. The fraction of sp³-hybridized carbons (Fsp3) is 0.154. The van der Waals surface area contributed by atoms with Crippen LogP contribution in [0, 0.1) is 0 Å². The summed E-state index contributed by atoms with van der Waals surface area (Å²) in [7, 11) is 1.47. The highest BCUT2D eigenvalue weighted by atomic mass is 79.9. The number of ether oxygens (including phenoxy) is 1. The summed E-state index contributed by atoms with van der Waals surface area (Å²) < 4.78 is 5.67. The number of hydrogen-bond acceptors (Lipinski definition) is 4. The number of carboxylic acids is 1. The smallest absolute Gasteiger partial charge is 0.329 e. The molecule has 0 unspecified atom stereocenters. The summed E-state index contributed by atoms with van der Waals surface area (Å²) in [5, 5.41) is 11.3. The summed E-state index contributed by atoms with van der Waals surface area (Å²) in [5.41, 5.74) is 0.512. The molecule has 1 saturated heterocycles. The van der Waals surface area contributed by atoms with E-state index in [0.717, 1.165) is 0 Å². The van der Waals surface area contributed by atoms with E-state index in [-0.39, 0.29) is 5.70 Å². The van der Waals surface area contributed by atoms with Crippen molar-refractivity contribution in [3.63, 3.8) is 0 Å².